The summed E-state index contributed by atoms with van der Waals surface area (Å²) in [5.74, 6) is 0.0766. The molecule has 0 radical (unpaired) electrons. The summed E-state index contributed by atoms with van der Waals surface area (Å²) < 4.78 is 11.6. The van der Waals surface area contributed by atoms with Gasteiger partial charge < -0.3 is 20.5 Å². The van der Waals surface area contributed by atoms with Gasteiger partial charge in [-0.15, -0.1) is 0 Å². The summed E-state index contributed by atoms with van der Waals surface area (Å²) in [4.78, 5) is 0. The maximum Gasteiger partial charge on any atom is 0.173 e. The van der Waals surface area contributed by atoms with Gasteiger partial charge in [0.05, 0.1) is 12.7 Å². The van der Waals surface area contributed by atoms with Gasteiger partial charge in [0.25, 0.3) is 0 Å². The molecule has 0 aromatic heterocycles. The molecule has 3 unspecified atom stereocenters. The van der Waals surface area contributed by atoms with E-state index in [-0.39, 0.29) is 11.9 Å². The molecule has 2 aliphatic rings. The molecular formula is C9H18N2O2. The molecule has 0 bridgehead atoms. The molecule has 76 valence electrons. The lowest BCUT2D eigenvalue weighted by Gasteiger charge is -2.38. The van der Waals surface area contributed by atoms with Gasteiger partial charge in [-0.05, 0) is 0 Å². The van der Waals surface area contributed by atoms with Crippen LogP contribution in [0.1, 0.15) is 13.3 Å². The summed E-state index contributed by atoms with van der Waals surface area (Å²) in [6.45, 7) is 5.31. The summed E-state index contributed by atoms with van der Waals surface area (Å²) in [5.41, 5.74) is 5.55. The SMILES string of the molecule is CC1CNCCC12OCC(CN)O2. The average Bonchev–Trinajstić information content (AvgIpc) is 2.56. The first-order valence-corrected chi connectivity index (χ1v) is 4.99. The number of rotatable bonds is 1. The van der Waals surface area contributed by atoms with E-state index >= 15 is 0 Å². The van der Waals surface area contributed by atoms with Gasteiger partial charge >= 0.3 is 0 Å². The van der Waals surface area contributed by atoms with E-state index in [0.717, 1.165) is 19.5 Å². The van der Waals surface area contributed by atoms with Crippen molar-refractivity contribution in [2.45, 2.75) is 25.2 Å². The standard InChI is InChI=1S/C9H18N2O2/c1-7-5-11-3-2-9(7)12-6-8(4-10)13-9/h7-8,11H,2-6,10H2,1H3. The summed E-state index contributed by atoms with van der Waals surface area (Å²) in [6, 6.07) is 0. The lowest BCUT2D eigenvalue weighted by atomic mass is 9.94. The van der Waals surface area contributed by atoms with E-state index in [2.05, 4.69) is 12.2 Å². The van der Waals surface area contributed by atoms with Crippen LogP contribution in [0.25, 0.3) is 0 Å². The Morgan fingerprint density at radius 1 is 1.62 bits per heavy atom. The van der Waals surface area contributed by atoms with Crippen LogP contribution in [-0.4, -0.2) is 38.1 Å². The number of hydrogen-bond acceptors (Lipinski definition) is 4. The maximum atomic E-state index is 5.86. The Balaban J connectivity index is 2.03. The number of nitrogens with one attached hydrogen (secondary N) is 1. The summed E-state index contributed by atoms with van der Waals surface area (Å²) in [7, 11) is 0. The molecule has 2 heterocycles. The van der Waals surface area contributed by atoms with E-state index in [0.29, 0.717) is 19.1 Å². The monoisotopic (exact) mass is 186 g/mol. The highest BCUT2D eigenvalue weighted by Crippen LogP contribution is 2.35. The topological polar surface area (TPSA) is 56.5 Å². The van der Waals surface area contributed by atoms with Crippen LogP contribution >= 0.6 is 0 Å². The van der Waals surface area contributed by atoms with Crippen LogP contribution < -0.4 is 11.1 Å². The molecule has 2 aliphatic heterocycles. The van der Waals surface area contributed by atoms with Gasteiger partial charge in [-0.1, -0.05) is 6.92 Å². The lowest BCUT2D eigenvalue weighted by molar-refractivity contribution is -0.211. The van der Waals surface area contributed by atoms with Crippen LogP contribution in [-0.2, 0) is 9.47 Å². The fourth-order valence-corrected chi connectivity index (χ4v) is 2.07. The molecule has 0 aromatic rings. The number of piperidine rings is 1. The summed E-state index contributed by atoms with van der Waals surface area (Å²) >= 11 is 0. The van der Waals surface area contributed by atoms with Crippen LogP contribution in [0.5, 0.6) is 0 Å². The Labute approximate surface area is 78.8 Å². The fourth-order valence-electron chi connectivity index (χ4n) is 2.07. The molecule has 0 aliphatic carbocycles. The molecule has 3 N–H and O–H groups in total. The third kappa shape index (κ3) is 1.59. The van der Waals surface area contributed by atoms with Crippen LogP contribution in [0.3, 0.4) is 0 Å². The Hall–Kier alpha value is -0.160. The van der Waals surface area contributed by atoms with Crippen LogP contribution in [0.2, 0.25) is 0 Å². The number of ether oxygens (including phenoxy) is 2. The number of hydrogen-bond donors (Lipinski definition) is 2. The van der Waals surface area contributed by atoms with E-state index in [9.17, 15) is 0 Å². The minimum atomic E-state index is -0.338. The van der Waals surface area contributed by atoms with E-state index in [4.69, 9.17) is 15.2 Å². The van der Waals surface area contributed by atoms with E-state index < -0.39 is 0 Å². The molecule has 3 atom stereocenters. The Bertz CT molecular complexity index is 188. The van der Waals surface area contributed by atoms with E-state index in [1.54, 1.807) is 0 Å². The van der Waals surface area contributed by atoms with Gasteiger partial charge in [0.2, 0.25) is 0 Å². The van der Waals surface area contributed by atoms with Gasteiger partial charge in [0.15, 0.2) is 5.79 Å². The van der Waals surface area contributed by atoms with Crippen molar-refractivity contribution in [3.05, 3.63) is 0 Å². The zero-order valence-corrected chi connectivity index (χ0v) is 8.08. The van der Waals surface area contributed by atoms with Crippen LogP contribution in [0.15, 0.2) is 0 Å². The highest BCUT2D eigenvalue weighted by atomic mass is 16.7. The highest BCUT2D eigenvalue weighted by Gasteiger charge is 2.46. The smallest absolute Gasteiger partial charge is 0.173 e. The van der Waals surface area contributed by atoms with Crippen molar-refractivity contribution in [1.29, 1.82) is 0 Å². The summed E-state index contributed by atoms with van der Waals surface area (Å²) in [6.07, 6.45) is 1.03. The van der Waals surface area contributed by atoms with E-state index in [1.165, 1.54) is 0 Å². The fraction of sp³-hybridized carbons (Fsp3) is 1.00. The molecule has 4 heteroatoms. The maximum absolute atomic E-state index is 5.86. The molecule has 4 nitrogen and oxygen atoms in total. The Morgan fingerprint density at radius 2 is 2.46 bits per heavy atom. The van der Waals surface area contributed by atoms with Gasteiger partial charge in [-0.3, -0.25) is 0 Å². The molecule has 2 fully saturated rings. The second-order valence-electron chi connectivity index (χ2n) is 3.95. The van der Waals surface area contributed by atoms with Gasteiger partial charge in [-0.2, -0.15) is 0 Å². The van der Waals surface area contributed by atoms with Crippen molar-refractivity contribution < 1.29 is 9.47 Å². The molecule has 2 saturated heterocycles. The third-order valence-corrected chi connectivity index (χ3v) is 2.99. The normalized spacial score (nSPS) is 45.7. The van der Waals surface area contributed by atoms with Crippen molar-refractivity contribution in [2.75, 3.05) is 26.2 Å². The van der Waals surface area contributed by atoms with Crippen LogP contribution in [0, 0.1) is 5.92 Å². The van der Waals surface area contributed by atoms with Crippen molar-refractivity contribution in [3.8, 4) is 0 Å². The van der Waals surface area contributed by atoms with Crippen molar-refractivity contribution >= 4 is 0 Å². The van der Waals surface area contributed by atoms with Gasteiger partial charge in [0.1, 0.15) is 0 Å². The minimum absolute atomic E-state index is 0.0977. The summed E-state index contributed by atoms with van der Waals surface area (Å²) in [5, 5.41) is 3.33. The van der Waals surface area contributed by atoms with Crippen molar-refractivity contribution in [3.63, 3.8) is 0 Å². The third-order valence-electron chi connectivity index (χ3n) is 2.99. The predicted octanol–water partition coefficient (Wildman–Crippen LogP) is -0.314. The first-order chi connectivity index (χ1) is 6.27. The zero-order chi connectivity index (χ0) is 9.31. The molecule has 13 heavy (non-hydrogen) atoms. The number of nitrogens with two attached hydrogens (primary N) is 1. The Kier molecular flexibility index (Phi) is 2.55. The van der Waals surface area contributed by atoms with Crippen molar-refractivity contribution in [2.24, 2.45) is 11.7 Å². The molecule has 0 amide bonds. The molecule has 2 rings (SSSR count). The molecule has 1 spiro atoms. The highest BCUT2D eigenvalue weighted by molar-refractivity contribution is 4.89. The first-order valence-electron chi connectivity index (χ1n) is 4.99. The molecular weight excluding hydrogens is 168 g/mol. The van der Waals surface area contributed by atoms with Crippen molar-refractivity contribution in [1.82, 2.24) is 5.32 Å². The zero-order valence-electron chi connectivity index (χ0n) is 8.08. The Morgan fingerprint density at radius 3 is 3.08 bits per heavy atom. The van der Waals surface area contributed by atoms with E-state index in [1.807, 2.05) is 0 Å². The predicted molar refractivity (Wildman–Crippen MR) is 49.3 cm³/mol. The minimum Gasteiger partial charge on any atom is -0.347 e. The lowest BCUT2D eigenvalue weighted by Crippen LogP contribution is -2.50. The van der Waals surface area contributed by atoms with Gasteiger partial charge in [0, 0.05) is 32.0 Å². The second-order valence-corrected chi connectivity index (χ2v) is 3.95. The molecule has 0 saturated carbocycles. The average molecular weight is 186 g/mol. The largest absolute Gasteiger partial charge is 0.347 e. The van der Waals surface area contributed by atoms with Gasteiger partial charge in [-0.25, -0.2) is 0 Å². The molecule has 0 aromatic carbocycles. The first kappa shape index (κ1) is 9.40. The quantitative estimate of drug-likeness (QED) is 0.589. The second kappa shape index (κ2) is 3.53. The van der Waals surface area contributed by atoms with Crippen LogP contribution in [0.4, 0.5) is 0 Å².